The number of nitrogens with zero attached hydrogens (tertiary/aromatic N) is 2. The van der Waals surface area contributed by atoms with E-state index in [9.17, 15) is 0 Å². The van der Waals surface area contributed by atoms with E-state index < -0.39 is 0 Å². The van der Waals surface area contributed by atoms with Gasteiger partial charge in [0.15, 0.2) is 0 Å². The van der Waals surface area contributed by atoms with E-state index in [1.807, 2.05) is 11.3 Å². The minimum Gasteiger partial charge on any atom is -0.308 e. The summed E-state index contributed by atoms with van der Waals surface area (Å²) in [5.41, 5.74) is 10.3. The van der Waals surface area contributed by atoms with Crippen LogP contribution in [0.5, 0.6) is 0 Å². The lowest BCUT2D eigenvalue weighted by Gasteiger charge is -2.27. The van der Waals surface area contributed by atoms with Gasteiger partial charge in [-0.05, 0) is 69.4 Å². The summed E-state index contributed by atoms with van der Waals surface area (Å²) >= 11 is 3.62. The van der Waals surface area contributed by atoms with Crippen LogP contribution < -0.4 is 4.90 Å². The van der Waals surface area contributed by atoms with Gasteiger partial charge in [-0.2, -0.15) is 0 Å². The molecule has 0 aliphatic carbocycles. The third-order valence-electron chi connectivity index (χ3n) is 9.70. The van der Waals surface area contributed by atoms with Crippen molar-refractivity contribution in [2.75, 3.05) is 4.90 Å². The SMILES string of the molecule is c1ccc(-c2ccc(N(c3ccc(-c4cccc5ccccc45)cc3)c3c4nc(-c5ccccc5)sc4cc4sc5ccccc5c34)cc2)cc1. The molecule has 0 fully saturated rings. The number of hydrogen-bond acceptors (Lipinski definition) is 4. The van der Waals surface area contributed by atoms with Crippen molar-refractivity contribution in [1.82, 2.24) is 4.98 Å². The second kappa shape index (κ2) is 12.4. The van der Waals surface area contributed by atoms with Gasteiger partial charge in [0.05, 0.1) is 10.4 Å². The predicted molar refractivity (Wildman–Crippen MR) is 221 cm³/mol. The summed E-state index contributed by atoms with van der Waals surface area (Å²) in [4.78, 5) is 7.87. The van der Waals surface area contributed by atoms with Crippen LogP contribution in [0.3, 0.4) is 0 Å². The van der Waals surface area contributed by atoms with Crippen LogP contribution in [-0.4, -0.2) is 4.98 Å². The Labute approximate surface area is 304 Å². The number of anilines is 3. The molecule has 0 spiro atoms. The van der Waals surface area contributed by atoms with Crippen LogP contribution >= 0.6 is 22.7 Å². The van der Waals surface area contributed by atoms with Crippen molar-refractivity contribution in [3.8, 4) is 32.8 Å². The normalized spacial score (nSPS) is 11.5. The monoisotopic (exact) mass is 686 g/mol. The Hall–Kier alpha value is -6.07. The van der Waals surface area contributed by atoms with Crippen molar-refractivity contribution in [2.45, 2.75) is 0 Å². The zero-order chi connectivity index (χ0) is 33.7. The Morgan fingerprint density at radius 1 is 0.412 bits per heavy atom. The second-order valence-electron chi connectivity index (χ2n) is 12.8. The molecule has 0 unspecified atom stereocenters. The summed E-state index contributed by atoms with van der Waals surface area (Å²) in [6.07, 6.45) is 0. The van der Waals surface area contributed by atoms with E-state index in [1.165, 1.54) is 57.9 Å². The smallest absolute Gasteiger partial charge is 0.124 e. The molecular weight excluding hydrogens is 657 g/mol. The average molecular weight is 687 g/mol. The number of aromatic nitrogens is 1. The standard InChI is InChI=1S/C47H30N2S2/c1-3-12-31(13-4-1)32-22-26-36(27-23-32)49(37-28-24-34(25-29-37)39-20-11-17-33-14-7-8-18-38(33)39)46-44-40-19-9-10-21-41(40)50-42(44)30-43-45(46)48-47(51-43)35-15-5-2-6-16-35/h1-30H. The van der Waals surface area contributed by atoms with Crippen molar-refractivity contribution in [3.05, 3.63) is 182 Å². The first-order valence-corrected chi connectivity index (χ1v) is 18.8. The van der Waals surface area contributed by atoms with Crippen LogP contribution in [0.4, 0.5) is 17.1 Å². The highest BCUT2D eigenvalue weighted by molar-refractivity contribution is 7.27. The fourth-order valence-electron chi connectivity index (χ4n) is 7.28. The van der Waals surface area contributed by atoms with Crippen LogP contribution in [0.15, 0.2) is 182 Å². The van der Waals surface area contributed by atoms with E-state index in [-0.39, 0.29) is 0 Å². The van der Waals surface area contributed by atoms with Crippen molar-refractivity contribution in [1.29, 1.82) is 0 Å². The first-order valence-electron chi connectivity index (χ1n) is 17.1. The molecule has 51 heavy (non-hydrogen) atoms. The van der Waals surface area contributed by atoms with Gasteiger partial charge in [-0.25, -0.2) is 4.98 Å². The highest BCUT2D eigenvalue weighted by Gasteiger charge is 2.24. The molecule has 0 amide bonds. The molecule has 2 nitrogen and oxygen atoms in total. The number of benzene rings is 8. The molecule has 2 aromatic heterocycles. The summed E-state index contributed by atoms with van der Waals surface area (Å²) in [7, 11) is 0. The van der Waals surface area contributed by atoms with Crippen LogP contribution in [0.2, 0.25) is 0 Å². The second-order valence-corrected chi connectivity index (χ2v) is 14.9. The molecule has 8 aromatic carbocycles. The van der Waals surface area contributed by atoms with Crippen molar-refractivity contribution < 1.29 is 0 Å². The first kappa shape index (κ1) is 29.8. The van der Waals surface area contributed by atoms with Crippen LogP contribution in [0.1, 0.15) is 0 Å². The molecule has 240 valence electrons. The maximum Gasteiger partial charge on any atom is 0.124 e. The van der Waals surface area contributed by atoms with Gasteiger partial charge in [0.1, 0.15) is 10.5 Å². The minimum atomic E-state index is 1.01. The number of hydrogen-bond donors (Lipinski definition) is 0. The van der Waals surface area contributed by atoms with Crippen LogP contribution in [0, 0.1) is 0 Å². The fourth-order valence-corrected chi connectivity index (χ4v) is 9.52. The molecule has 0 aliphatic heterocycles. The van der Waals surface area contributed by atoms with Crippen molar-refractivity contribution in [2.24, 2.45) is 0 Å². The molecule has 4 heteroatoms. The van der Waals surface area contributed by atoms with Crippen molar-refractivity contribution in [3.63, 3.8) is 0 Å². The van der Waals surface area contributed by atoms with E-state index in [4.69, 9.17) is 4.98 Å². The number of rotatable bonds is 6. The lowest BCUT2D eigenvalue weighted by Crippen LogP contribution is -2.11. The highest BCUT2D eigenvalue weighted by atomic mass is 32.1. The highest BCUT2D eigenvalue weighted by Crippen LogP contribution is 2.50. The van der Waals surface area contributed by atoms with Crippen LogP contribution in [0.25, 0.3) is 74.0 Å². The molecule has 0 N–H and O–H groups in total. The van der Waals surface area contributed by atoms with Gasteiger partial charge in [0.2, 0.25) is 0 Å². The first-order chi connectivity index (χ1) is 25.3. The fraction of sp³-hybridized carbons (Fsp3) is 0. The minimum absolute atomic E-state index is 1.01. The number of fused-ring (bicyclic) bond motifs is 5. The van der Waals surface area contributed by atoms with Gasteiger partial charge in [-0.15, -0.1) is 22.7 Å². The summed E-state index contributed by atoms with van der Waals surface area (Å²) < 4.78 is 3.72. The van der Waals surface area contributed by atoms with Crippen molar-refractivity contribution >= 4 is 80.9 Å². The number of thiazole rings is 1. The molecule has 0 bridgehead atoms. The zero-order valence-electron chi connectivity index (χ0n) is 27.5. The lowest BCUT2D eigenvalue weighted by atomic mass is 9.98. The average Bonchev–Trinajstić information content (AvgIpc) is 3.80. The van der Waals surface area contributed by atoms with E-state index in [0.717, 1.165) is 33.1 Å². The van der Waals surface area contributed by atoms with E-state index in [0.29, 0.717) is 0 Å². The number of thiophene rings is 1. The Balaban J connectivity index is 1.23. The van der Waals surface area contributed by atoms with Crippen LogP contribution in [-0.2, 0) is 0 Å². The molecule has 0 saturated carbocycles. The van der Waals surface area contributed by atoms with E-state index >= 15 is 0 Å². The molecule has 2 heterocycles. The lowest BCUT2D eigenvalue weighted by molar-refractivity contribution is 1.30. The van der Waals surface area contributed by atoms with Gasteiger partial charge in [0, 0.05) is 37.1 Å². The molecule has 0 aliphatic rings. The Morgan fingerprint density at radius 3 is 1.75 bits per heavy atom. The molecule has 0 atom stereocenters. The predicted octanol–water partition coefficient (Wildman–Crippen LogP) is 14.3. The van der Waals surface area contributed by atoms with Gasteiger partial charge in [0.25, 0.3) is 0 Å². The van der Waals surface area contributed by atoms with Gasteiger partial charge < -0.3 is 4.90 Å². The molecular formula is C47H30N2S2. The largest absolute Gasteiger partial charge is 0.308 e. The Kier molecular flexibility index (Phi) is 7.23. The molecule has 0 saturated heterocycles. The van der Waals surface area contributed by atoms with Gasteiger partial charge in [-0.3, -0.25) is 0 Å². The summed E-state index contributed by atoms with van der Waals surface area (Å²) in [6.45, 7) is 0. The third-order valence-corrected chi connectivity index (χ3v) is 11.9. The summed E-state index contributed by atoms with van der Waals surface area (Å²) in [5.74, 6) is 0. The maximum atomic E-state index is 5.44. The van der Waals surface area contributed by atoms with E-state index in [1.54, 1.807) is 11.3 Å². The Morgan fingerprint density at radius 2 is 1.00 bits per heavy atom. The third kappa shape index (κ3) is 5.20. The topological polar surface area (TPSA) is 16.1 Å². The van der Waals surface area contributed by atoms with Gasteiger partial charge >= 0.3 is 0 Å². The molecule has 10 rings (SSSR count). The summed E-state index contributed by atoms with van der Waals surface area (Å²) in [6, 6.07) is 65.5. The van der Waals surface area contributed by atoms with Gasteiger partial charge in [-0.1, -0.05) is 146 Å². The summed E-state index contributed by atoms with van der Waals surface area (Å²) in [5, 5.41) is 6.02. The Bertz CT molecular complexity index is 2830. The zero-order valence-corrected chi connectivity index (χ0v) is 29.2. The molecule has 0 radical (unpaired) electrons. The molecule has 10 aromatic rings. The van der Waals surface area contributed by atoms with E-state index in [2.05, 4.69) is 187 Å². The quantitative estimate of drug-likeness (QED) is 0.173. The maximum absolute atomic E-state index is 5.44.